The molecular formula is C36H22O. The van der Waals surface area contributed by atoms with Crippen LogP contribution in [0.15, 0.2) is 138 Å². The largest absolute Gasteiger partial charge is 0.456 e. The van der Waals surface area contributed by atoms with Gasteiger partial charge in [0.1, 0.15) is 11.2 Å². The zero-order valence-corrected chi connectivity index (χ0v) is 19.5. The highest BCUT2D eigenvalue weighted by Crippen LogP contribution is 2.45. The second kappa shape index (κ2) is 7.81. The van der Waals surface area contributed by atoms with Crippen LogP contribution >= 0.6 is 0 Å². The Morgan fingerprint density at radius 3 is 1.84 bits per heavy atom. The quantitative estimate of drug-likeness (QED) is 0.225. The van der Waals surface area contributed by atoms with Crippen LogP contribution in [-0.4, -0.2) is 0 Å². The van der Waals surface area contributed by atoms with Crippen LogP contribution in [0.3, 0.4) is 0 Å². The minimum absolute atomic E-state index is 0.189. The van der Waals surface area contributed by atoms with Crippen LogP contribution in [0.2, 0.25) is 0 Å². The maximum atomic E-state index is 9.18. The highest BCUT2D eigenvalue weighted by Gasteiger charge is 2.18. The Balaban J connectivity index is 1.68. The first-order valence-corrected chi connectivity index (χ1v) is 12.0. The zero-order valence-electron chi connectivity index (χ0n) is 27.5. The second-order valence-corrected chi connectivity index (χ2v) is 9.09. The van der Waals surface area contributed by atoms with Crippen molar-refractivity contribution in [2.24, 2.45) is 0 Å². The fourth-order valence-corrected chi connectivity index (χ4v) is 5.50. The third-order valence-electron chi connectivity index (χ3n) is 7.08. The summed E-state index contributed by atoms with van der Waals surface area (Å²) in [6.07, 6.45) is 0. The van der Waals surface area contributed by atoms with Gasteiger partial charge < -0.3 is 4.42 Å². The fraction of sp³-hybridized carbons (Fsp3) is 0. The van der Waals surface area contributed by atoms with Gasteiger partial charge in [-0.25, -0.2) is 0 Å². The van der Waals surface area contributed by atoms with Crippen molar-refractivity contribution in [3.63, 3.8) is 0 Å². The third-order valence-corrected chi connectivity index (χ3v) is 7.08. The molecule has 0 unspecified atom stereocenters. The van der Waals surface area contributed by atoms with E-state index in [1.807, 2.05) is 60.7 Å². The Labute approximate surface area is 225 Å². The van der Waals surface area contributed by atoms with E-state index >= 15 is 0 Å². The molecule has 8 rings (SSSR count). The number of rotatable bonds is 2. The molecule has 0 fully saturated rings. The smallest absolute Gasteiger partial charge is 0.136 e. The average Bonchev–Trinajstić information content (AvgIpc) is 3.43. The summed E-state index contributed by atoms with van der Waals surface area (Å²) >= 11 is 0. The predicted molar refractivity (Wildman–Crippen MR) is 157 cm³/mol. The molecule has 0 amide bonds. The highest BCUT2D eigenvalue weighted by atomic mass is 16.3. The molecule has 1 heterocycles. The molecule has 0 spiro atoms. The van der Waals surface area contributed by atoms with Crippen LogP contribution in [0.1, 0.15) is 11.0 Å². The lowest BCUT2D eigenvalue weighted by Crippen LogP contribution is -1.91. The molecule has 7 aromatic carbocycles. The third kappa shape index (κ3) is 2.98. The van der Waals surface area contributed by atoms with Crippen molar-refractivity contribution in [1.82, 2.24) is 0 Å². The number of hydrogen-bond donors (Lipinski definition) is 0. The Bertz CT molecular complexity index is 2490. The molecule has 1 heteroatoms. The minimum Gasteiger partial charge on any atom is -0.456 e. The van der Waals surface area contributed by atoms with Gasteiger partial charge in [0, 0.05) is 10.8 Å². The summed E-state index contributed by atoms with van der Waals surface area (Å²) in [7, 11) is 0. The van der Waals surface area contributed by atoms with E-state index in [1.165, 1.54) is 0 Å². The molecule has 8 aromatic rings. The first-order chi connectivity index (χ1) is 21.7. The summed E-state index contributed by atoms with van der Waals surface area (Å²) < 4.78 is 77.3. The molecule has 0 aliphatic rings. The van der Waals surface area contributed by atoms with Gasteiger partial charge in [0.2, 0.25) is 0 Å². The fourth-order valence-electron chi connectivity index (χ4n) is 5.50. The molecule has 172 valence electrons. The van der Waals surface area contributed by atoms with Gasteiger partial charge in [-0.15, -0.1) is 0 Å². The number of hydrogen-bond acceptors (Lipinski definition) is 1. The monoisotopic (exact) mass is 478 g/mol. The SMILES string of the molecule is [2H]c1c([2H])c([2H])c2c(-c3cccc4cc5c(cc34)oc3ccccc35)c3c([2H])c([2H])c([2H])c([2H])c3c(-c3ccccc3)c2c1[2H]. The van der Waals surface area contributed by atoms with Crippen molar-refractivity contribution in [2.75, 3.05) is 0 Å². The van der Waals surface area contributed by atoms with Gasteiger partial charge >= 0.3 is 0 Å². The summed E-state index contributed by atoms with van der Waals surface area (Å²) in [5.41, 5.74) is 3.17. The van der Waals surface area contributed by atoms with Crippen molar-refractivity contribution in [3.05, 3.63) is 133 Å². The van der Waals surface area contributed by atoms with Gasteiger partial charge in [0.05, 0.1) is 11.0 Å². The van der Waals surface area contributed by atoms with Gasteiger partial charge in [-0.1, -0.05) is 115 Å². The van der Waals surface area contributed by atoms with E-state index in [4.69, 9.17) is 12.6 Å². The summed E-state index contributed by atoms with van der Waals surface area (Å²) in [5, 5.41) is 4.23. The van der Waals surface area contributed by atoms with Crippen LogP contribution in [0.5, 0.6) is 0 Å². The normalized spacial score (nSPS) is 14.8. The standard InChI is InChI=1S/C36H22O/c1-2-11-23(12-3-1)35-26-15-4-6-17-28(26)36(29-18-7-5-16-27(29)35)30-19-10-13-24-21-32-25-14-8-9-20-33(25)37-34(32)22-31(24)30/h1-22H/i4D,5D,6D,7D,15D,16D,17D,18D. The Kier molecular flexibility index (Phi) is 2.96. The molecule has 1 aromatic heterocycles. The molecule has 0 aliphatic carbocycles. The number of para-hydroxylation sites is 1. The van der Waals surface area contributed by atoms with E-state index < -0.39 is 24.2 Å². The molecule has 37 heavy (non-hydrogen) atoms. The number of fused-ring (bicyclic) bond motifs is 6. The topological polar surface area (TPSA) is 13.1 Å². The molecule has 0 bridgehead atoms. The summed E-state index contributed by atoms with van der Waals surface area (Å²) in [6, 6.07) is 23.5. The molecule has 0 N–H and O–H groups in total. The predicted octanol–water partition coefficient (Wildman–Crippen LogP) is 10.4. The van der Waals surface area contributed by atoms with E-state index in [0.717, 1.165) is 27.1 Å². The van der Waals surface area contributed by atoms with Gasteiger partial charge in [-0.3, -0.25) is 0 Å². The lowest BCUT2D eigenvalue weighted by Gasteiger charge is -2.18. The Morgan fingerprint density at radius 1 is 0.459 bits per heavy atom. The van der Waals surface area contributed by atoms with Crippen molar-refractivity contribution < 1.29 is 15.4 Å². The van der Waals surface area contributed by atoms with Crippen LogP contribution < -0.4 is 0 Å². The molecule has 0 atom stereocenters. The molecule has 0 radical (unpaired) electrons. The summed E-state index contributed by atoms with van der Waals surface area (Å²) in [5.74, 6) is 0. The van der Waals surface area contributed by atoms with Gasteiger partial charge in [0.25, 0.3) is 0 Å². The van der Waals surface area contributed by atoms with Crippen molar-refractivity contribution in [1.29, 1.82) is 0 Å². The van der Waals surface area contributed by atoms with Crippen LogP contribution in [0.4, 0.5) is 0 Å². The van der Waals surface area contributed by atoms with E-state index in [9.17, 15) is 2.74 Å². The maximum Gasteiger partial charge on any atom is 0.136 e. The van der Waals surface area contributed by atoms with E-state index in [-0.39, 0.29) is 45.7 Å². The number of furan rings is 1. The molecule has 0 saturated carbocycles. The van der Waals surface area contributed by atoms with Crippen LogP contribution in [0, 0.1) is 0 Å². The Hall–Kier alpha value is -4.88. The van der Waals surface area contributed by atoms with E-state index in [2.05, 4.69) is 0 Å². The van der Waals surface area contributed by atoms with Crippen LogP contribution in [-0.2, 0) is 0 Å². The molecule has 0 aliphatic heterocycles. The van der Waals surface area contributed by atoms with Crippen molar-refractivity contribution in [3.8, 4) is 22.3 Å². The van der Waals surface area contributed by atoms with Crippen molar-refractivity contribution >= 4 is 54.3 Å². The van der Waals surface area contributed by atoms with E-state index in [1.54, 1.807) is 24.3 Å². The summed E-state index contributed by atoms with van der Waals surface area (Å²) in [4.78, 5) is 0. The Morgan fingerprint density at radius 2 is 1.11 bits per heavy atom. The lowest BCUT2D eigenvalue weighted by molar-refractivity contribution is 0.669. The van der Waals surface area contributed by atoms with Crippen molar-refractivity contribution in [2.45, 2.75) is 0 Å². The molecule has 0 saturated heterocycles. The zero-order chi connectivity index (χ0) is 31.3. The average molecular weight is 479 g/mol. The van der Waals surface area contributed by atoms with Gasteiger partial charge in [-0.05, 0) is 72.8 Å². The maximum absolute atomic E-state index is 9.18. The second-order valence-electron chi connectivity index (χ2n) is 9.09. The molecule has 1 nitrogen and oxygen atoms in total. The first kappa shape index (κ1) is 14.0. The van der Waals surface area contributed by atoms with Crippen LogP contribution in [0.25, 0.3) is 76.5 Å². The number of benzene rings is 7. The highest BCUT2D eigenvalue weighted by molar-refractivity contribution is 6.24. The van der Waals surface area contributed by atoms with Gasteiger partial charge in [0.15, 0.2) is 0 Å². The minimum atomic E-state index is -0.423. The lowest BCUT2D eigenvalue weighted by atomic mass is 9.84. The molecular weight excluding hydrogens is 448 g/mol. The van der Waals surface area contributed by atoms with Gasteiger partial charge in [-0.2, -0.15) is 0 Å². The van der Waals surface area contributed by atoms with E-state index in [0.29, 0.717) is 27.8 Å². The first-order valence-electron chi connectivity index (χ1n) is 16.0. The summed E-state index contributed by atoms with van der Waals surface area (Å²) in [6.45, 7) is 0.